The van der Waals surface area contributed by atoms with Gasteiger partial charge in [-0.1, -0.05) is 13.0 Å². The van der Waals surface area contributed by atoms with Crippen LogP contribution in [0.25, 0.3) is 44.9 Å². The van der Waals surface area contributed by atoms with Crippen LogP contribution in [0.1, 0.15) is 12.6 Å². The number of rotatable bonds is 7. The van der Waals surface area contributed by atoms with Crippen LogP contribution in [0, 0.1) is 0 Å². The Morgan fingerprint density at radius 1 is 1.00 bits per heavy atom. The molecule has 0 aliphatic rings. The van der Waals surface area contributed by atoms with Gasteiger partial charge in [0.25, 0.3) is 0 Å². The van der Waals surface area contributed by atoms with Gasteiger partial charge in [0, 0.05) is 42.0 Å². The van der Waals surface area contributed by atoms with Gasteiger partial charge in [0.15, 0.2) is 0 Å². The highest BCUT2D eigenvalue weighted by Gasteiger charge is 2.14. The molecule has 5 aromatic heterocycles. The first kappa shape index (κ1) is 20.0. The smallest absolute Gasteiger partial charge is 0.120 e. The van der Waals surface area contributed by atoms with Gasteiger partial charge in [0.05, 0.1) is 34.7 Å². The van der Waals surface area contributed by atoms with E-state index in [1.165, 1.54) is 0 Å². The van der Waals surface area contributed by atoms with Crippen molar-refractivity contribution in [2.24, 2.45) is 0 Å². The fourth-order valence-electron chi connectivity index (χ4n) is 3.65. The van der Waals surface area contributed by atoms with Crippen molar-refractivity contribution >= 4 is 11.0 Å². The Labute approximate surface area is 185 Å². The van der Waals surface area contributed by atoms with E-state index in [-0.39, 0.29) is 0 Å². The number of aryl methyl sites for hydroxylation is 1. The van der Waals surface area contributed by atoms with Crippen LogP contribution >= 0.6 is 0 Å². The second-order valence-electron chi connectivity index (χ2n) is 7.54. The molecular weight excluding hydrogens is 400 g/mol. The van der Waals surface area contributed by atoms with Gasteiger partial charge in [0.2, 0.25) is 0 Å². The molecule has 8 heteroatoms. The molecule has 0 spiro atoms. The van der Waals surface area contributed by atoms with Crippen LogP contribution < -0.4 is 5.32 Å². The SMILES string of the molecule is CCc1cccc(-c2n[nH]cc2-c2ccc3ncc(-c4ccn(CCNC)n4)cc3n2)n1. The van der Waals surface area contributed by atoms with Gasteiger partial charge in [-0.2, -0.15) is 10.2 Å². The highest BCUT2D eigenvalue weighted by atomic mass is 15.3. The molecule has 5 heterocycles. The summed E-state index contributed by atoms with van der Waals surface area (Å²) >= 11 is 0. The maximum Gasteiger partial charge on any atom is 0.120 e. The molecule has 0 saturated carbocycles. The van der Waals surface area contributed by atoms with Gasteiger partial charge >= 0.3 is 0 Å². The Balaban J connectivity index is 1.51. The number of fused-ring (bicyclic) bond motifs is 1. The molecule has 8 nitrogen and oxygen atoms in total. The number of aromatic nitrogens is 7. The minimum absolute atomic E-state index is 0.791. The molecule has 0 bridgehead atoms. The molecule has 32 heavy (non-hydrogen) atoms. The fourth-order valence-corrected chi connectivity index (χ4v) is 3.65. The van der Waals surface area contributed by atoms with Crippen molar-refractivity contribution in [3.05, 3.63) is 66.7 Å². The lowest BCUT2D eigenvalue weighted by atomic mass is 10.1. The van der Waals surface area contributed by atoms with Crippen molar-refractivity contribution in [3.63, 3.8) is 0 Å². The number of nitrogens with one attached hydrogen (secondary N) is 2. The van der Waals surface area contributed by atoms with E-state index in [4.69, 9.17) is 9.97 Å². The lowest BCUT2D eigenvalue weighted by Gasteiger charge is -2.06. The summed E-state index contributed by atoms with van der Waals surface area (Å²) in [7, 11) is 1.93. The van der Waals surface area contributed by atoms with E-state index >= 15 is 0 Å². The van der Waals surface area contributed by atoms with Crippen LogP contribution in [0.3, 0.4) is 0 Å². The normalized spacial score (nSPS) is 11.3. The Bertz CT molecular complexity index is 1370. The average molecular weight is 425 g/mol. The van der Waals surface area contributed by atoms with E-state index in [0.29, 0.717) is 0 Å². The standard InChI is InChI=1S/C24H24N8/c1-3-17-5-4-6-22(28-17)24-18(15-27-30-24)20-7-8-21-23(29-20)13-16(14-26-21)19-9-11-32(31-19)12-10-25-2/h4-9,11,13-15,25H,3,10,12H2,1-2H3,(H,27,30). The number of likely N-dealkylation sites (N-methyl/N-ethyl adjacent to an activating group) is 1. The van der Waals surface area contributed by atoms with Crippen molar-refractivity contribution in [2.75, 3.05) is 13.6 Å². The molecule has 0 amide bonds. The third-order valence-electron chi connectivity index (χ3n) is 5.39. The Morgan fingerprint density at radius 2 is 1.94 bits per heavy atom. The van der Waals surface area contributed by atoms with E-state index < -0.39 is 0 Å². The average Bonchev–Trinajstić information content (AvgIpc) is 3.52. The van der Waals surface area contributed by atoms with Crippen LogP contribution in [0.4, 0.5) is 0 Å². The maximum absolute atomic E-state index is 4.89. The highest BCUT2D eigenvalue weighted by molar-refractivity contribution is 5.84. The zero-order valence-electron chi connectivity index (χ0n) is 18.1. The molecule has 0 atom stereocenters. The lowest BCUT2D eigenvalue weighted by molar-refractivity contribution is 0.586. The van der Waals surface area contributed by atoms with Gasteiger partial charge in [-0.15, -0.1) is 0 Å². The molecule has 0 aromatic carbocycles. The van der Waals surface area contributed by atoms with Crippen LogP contribution in [0.15, 0.2) is 61.1 Å². The largest absolute Gasteiger partial charge is 0.318 e. The molecule has 0 radical (unpaired) electrons. The van der Waals surface area contributed by atoms with Crippen molar-refractivity contribution in [3.8, 4) is 33.9 Å². The first-order chi connectivity index (χ1) is 15.7. The summed E-state index contributed by atoms with van der Waals surface area (Å²) in [5, 5.41) is 15.2. The summed E-state index contributed by atoms with van der Waals surface area (Å²) in [6.45, 7) is 3.78. The molecular formula is C24H24N8. The Morgan fingerprint density at radius 3 is 2.81 bits per heavy atom. The molecule has 0 aliphatic carbocycles. The lowest BCUT2D eigenvalue weighted by Crippen LogP contribution is -2.15. The summed E-state index contributed by atoms with van der Waals surface area (Å²) in [6.07, 6.45) is 6.57. The third kappa shape index (κ3) is 3.88. The molecule has 0 aliphatic heterocycles. The predicted octanol–water partition coefficient (Wildman–Crippen LogP) is 3.73. The van der Waals surface area contributed by atoms with E-state index in [1.54, 1.807) is 0 Å². The zero-order chi connectivity index (χ0) is 21.9. The third-order valence-corrected chi connectivity index (χ3v) is 5.39. The predicted molar refractivity (Wildman–Crippen MR) is 125 cm³/mol. The van der Waals surface area contributed by atoms with E-state index in [2.05, 4.69) is 32.5 Å². The number of hydrogen-bond donors (Lipinski definition) is 2. The molecule has 160 valence electrons. The summed E-state index contributed by atoms with van der Waals surface area (Å²) in [5.74, 6) is 0. The Hall–Kier alpha value is -3.91. The zero-order valence-corrected chi connectivity index (χ0v) is 18.1. The number of nitrogens with zero attached hydrogens (tertiary/aromatic N) is 6. The van der Waals surface area contributed by atoms with Gasteiger partial charge < -0.3 is 5.32 Å². The summed E-state index contributed by atoms with van der Waals surface area (Å²) in [4.78, 5) is 14.2. The molecule has 0 unspecified atom stereocenters. The first-order valence-corrected chi connectivity index (χ1v) is 10.7. The van der Waals surface area contributed by atoms with Crippen LogP contribution in [-0.2, 0) is 13.0 Å². The van der Waals surface area contributed by atoms with Gasteiger partial charge in [-0.3, -0.25) is 19.7 Å². The summed E-state index contributed by atoms with van der Waals surface area (Å²) < 4.78 is 1.93. The van der Waals surface area contributed by atoms with Gasteiger partial charge in [-0.25, -0.2) is 4.98 Å². The summed E-state index contributed by atoms with van der Waals surface area (Å²) in [6, 6.07) is 14.0. The Kier molecular flexibility index (Phi) is 5.43. The molecule has 2 N–H and O–H groups in total. The molecule has 5 rings (SSSR count). The monoisotopic (exact) mass is 424 g/mol. The fraction of sp³-hybridized carbons (Fsp3) is 0.208. The van der Waals surface area contributed by atoms with Crippen LogP contribution in [-0.4, -0.2) is 48.5 Å². The number of aromatic amines is 1. The van der Waals surface area contributed by atoms with Gasteiger partial charge in [-0.05, 0) is 49.9 Å². The van der Waals surface area contributed by atoms with Crippen molar-refractivity contribution < 1.29 is 0 Å². The molecule has 5 aromatic rings. The number of H-pyrrole nitrogens is 1. The van der Waals surface area contributed by atoms with Gasteiger partial charge in [0.1, 0.15) is 5.69 Å². The van der Waals surface area contributed by atoms with Crippen molar-refractivity contribution in [2.45, 2.75) is 19.9 Å². The van der Waals surface area contributed by atoms with E-state index in [9.17, 15) is 0 Å². The molecule has 0 fully saturated rings. The minimum atomic E-state index is 0.791. The van der Waals surface area contributed by atoms with E-state index in [0.717, 1.165) is 70.1 Å². The second-order valence-corrected chi connectivity index (χ2v) is 7.54. The minimum Gasteiger partial charge on any atom is -0.318 e. The maximum atomic E-state index is 4.89. The highest BCUT2D eigenvalue weighted by Crippen LogP contribution is 2.30. The van der Waals surface area contributed by atoms with Crippen molar-refractivity contribution in [1.29, 1.82) is 0 Å². The number of hydrogen-bond acceptors (Lipinski definition) is 6. The number of pyridine rings is 3. The van der Waals surface area contributed by atoms with Crippen LogP contribution in [0.5, 0.6) is 0 Å². The second kappa shape index (κ2) is 8.68. The molecule has 0 saturated heterocycles. The van der Waals surface area contributed by atoms with Crippen LogP contribution in [0.2, 0.25) is 0 Å². The quantitative estimate of drug-likeness (QED) is 0.413. The first-order valence-electron chi connectivity index (χ1n) is 10.7. The topological polar surface area (TPSA) is 97.2 Å². The van der Waals surface area contributed by atoms with E-state index in [1.807, 2.05) is 72.8 Å². The summed E-state index contributed by atoms with van der Waals surface area (Å²) in [5.41, 5.74) is 7.86. The van der Waals surface area contributed by atoms with Crippen molar-refractivity contribution in [1.82, 2.24) is 40.2 Å².